The van der Waals surface area contributed by atoms with Gasteiger partial charge in [-0.1, -0.05) is 13.8 Å². The fourth-order valence-electron chi connectivity index (χ4n) is 3.09. The average Bonchev–Trinajstić information content (AvgIpc) is 3.24. The van der Waals surface area contributed by atoms with E-state index in [9.17, 15) is 4.79 Å². The zero-order valence-electron chi connectivity index (χ0n) is 15.3. The molecule has 0 radical (unpaired) electrons. The van der Waals surface area contributed by atoms with Gasteiger partial charge in [0.05, 0.1) is 16.8 Å². The molecule has 0 saturated carbocycles. The summed E-state index contributed by atoms with van der Waals surface area (Å²) < 4.78 is 11.1. The summed E-state index contributed by atoms with van der Waals surface area (Å²) in [6, 6.07) is -0.256. The Balaban J connectivity index is 1.87. The summed E-state index contributed by atoms with van der Waals surface area (Å²) in [5.74, 6) is 1.43. The molecule has 0 bridgehead atoms. The second kappa shape index (κ2) is 7.21. The lowest BCUT2D eigenvalue weighted by Gasteiger charge is -2.21. The van der Waals surface area contributed by atoms with Gasteiger partial charge >= 0.3 is 0 Å². The minimum atomic E-state index is -0.256. The molecule has 0 aliphatic carbocycles. The van der Waals surface area contributed by atoms with Gasteiger partial charge < -0.3 is 14.1 Å². The number of carbonyl (C=O) groups excluding carboxylic acids is 1. The van der Waals surface area contributed by atoms with E-state index in [-0.39, 0.29) is 18.1 Å². The van der Waals surface area contributed by atoms with Gasteiger partial charge in [-0.3, -0.25) is 4.79 Å². The highest BCUT2D eigenvalue weighted by Gasteiger charge is 2.40. The fraction of sp³-hybridized carbons (Fsp3) is 0.647. The molecule has 1 amide bonds. The molecule has 3 heterocycles. The molecule has 0 aromatic carbocycles. The van der Waals surface area contributed by atoms with Crippen LogP contribution in [0.15, 0.2) is 4.42 Å². The first-order valence-electron chi connectivity index (χ1n) is 8.49. The van der Waals surface area contributed by atoms with Crippen molar-refractivity contribution < 1.29 is 13.9 Å². The van der Waals surface area contributed by atoms with E-state index < -0.39 is 0 Å². The van der Waals surface area contributed by atoms with Gasteiger partial charge in [0.15, 0.2) is 0 Å². The van der Waals surface area contributed by atoms with E-state index >= 15 is 0 Å². The SMILES string of the molecule is CO[C@@H]1C[C@H](c2nnc(C)o2)N(C(=O)c2sc(CC(C)C)nc2C)C1. The van der Waals surface area contributed by atoms with Crippen molar-refractivity contribution in [1.29, 1.82) is 0 Å². The molecule has 3 rings (SSSR count). The van der Waals surface area contributed by atoms with Gasteiger partial charge in [-0.05, 0) is 12.8 Å². The maximum absolute atomic E-state index is 13.2. The van der Waals surface area contributed by atoms with Gasteiger partial charge in [0, 0.05) is 33.4 Å². The lowest BCUT2D eigenvalue weighted by atomic mass is 10.1. The van der Waals surface area contributed by atoms with E-state index in [1.54, 1.807) is 18.9 Å². The molecular formula is C17H24N4O3S. The first kappa shape index (κ1) is 18.0. The van der Waals surface area contributed by atoms with Crippen molar-refractivity contribution in [3.8, 4) is 0 Å². The average molecular weight is 364 g/mol. The lowest BCUT2D eigenvalue weighted by molar-refractivity contribution is 0.0677. The fourth-order valence-corrected chi connectivity index (χ4v) is 4.32. The molecule has 2 aromatic rings. The van der Waals surface area contributed by atoms with Crippen LogP contribution in [0.2, 0.25) is 0 Å². The van der Waals surface area contributed by atoms with Crippen molar-refractivity contribution in [2.75, 3.05) is 13.7 Å². The van der Waals surface area contributed by atoms with Crippen molar-refractivity contribution in [3.05, 3.63) is 27.4 Å². The Morgan fingerprint density at radius 1 is 1.40 bits per heavy atom. The van der Waals surface area contributed by atoms with E-state index in [4.69, 9.17) is 9.15 Å². The van der Waals surface area contributed by atoms with E-state index in [0.717, 1.165) is 17.1 Å². The van der Waals surface area contributed by atoms with Crippen molar-refractivity contribution in [1.82, 2.24) is 20.1 Å². The third kappa shape index (κ3) is 3.74. The quantitative estimate of drug-likeness (QED) is 0.811. The molecule has 8 heteroatoms. The van der Waals surface area contributed by atoms with Gasteiger partial charge in [0.2, 0.25) is 11.8 Å². The van der Waals surface area contributed by atoms with Crippen LogP contribution < -0.4 is 0 Å². The number of hydrogen-bond acceptors (Lipinski definition) is 7. The van der Waals surface area contributed by atoms with Crippen LogP contribution in [0.4, 0.5) is 0 Å². The largest absolute Gasteiger partial charge is 0.423 e. The summed E-state index contributed by atoms with van der Waals surface area (Å²) in [7, 11) is 1.66. The third-order valence-electron chi connectivity index (χ3n) is 4.30. The number of hydrogen-bond donors (Lipinski definition) is 0. The molecule has 1 aliphatic heterocycles. The number of aromatic nitrogens is 3. The van der Waals surface area contributed by atoms with E-state index in [2.05, 4.69) is 29.0 Å². The van der Waals surface area contributed by atoms with Gasteiger partial charge in [-0.15, -0.1) is 21.5 Å². The number of ether oxygens (including phenoxy) is 1. The Hall–Kier alpha value is -1.80. The third-order valence-corrected chi connectivity index (χ3v) is 5.47. The summed E-state index contributed by atoms with van der Waals surface area (Å²) in [6.45, 7) is 8.45. The number of methoxy groups -OCH3 is 1. The normalized spacial score (nSPS) is 20.6. The monoisotopic (exact) mass is 364 g/mol. The standard InChI is InChI=1S/C17H24N4O3S/c1-9(2)6-14-18-10(3)15(25-14)17(22)21-8-12(23-5)7-13(21)16-20-19-11(4)24-16/h9,12-13H,6-8H2,1-5H3/t12-,13-/m1/s1. The Labute approximate surface area is 151 Å². The molecule has 0 N–H and O–H groups in total. The molecule has 1 fully saturated rings. The smallest absolute Gasteiger partial charge is 0.266 e. The number of amides is 1. The zero-order chi connectivity index (χ0) is 18.1. The lowest BCUT2D eigenvalue weighted by Crippen LogP contribution is -2.32. The van der Waals surface area contributed by atoms with Crippen LogP contribution in [0.1, 0.15) is 58.5 Å². The molecule has 7 nitrogen and oxygen atoms in total. The van der Waals surface area contributed by atoms with E-state index in [1.807, 2.05) is 6.92 Å². The summed E-state index contributed by atoms with van der Waals surface area (Å²) in [6.07, 6.45) is 1.50. The second-order valence-electron chi connectivity index (χ2n) is 6.85. The van der Waals surface area contributed by atoms with Gasteiger partial charge in [0.1, 0.15) is 10.9 Å². The first-order chi connectivity index (χ1) is 11.9. The topological polar surface area (TPSA) is 81.4 Å². The number of likely N-dealkylation sites (tertiary alicyclic amines) is 1. The van der Waals surface area contributed by atoms with Crippen molar-refractivity contribution in [2.24, 2.45) is 5.92 Å². The first-order valence-corrected chi connectivity index (χ1v) is 9.30. The predicted molar refractivity (Wildman–Crippen MR) is 93.6 cm³/mol. The van der Waals surface area contributed by atoms with Gasteiger partial charge in [0.25, 0.3) is 5.91 Å². The molecule has 1 aliphatic rings. The molecule has 25 heavy (non-hydrogen) atoms. The highest BCUT2D eigenvalue weighted by atomic mass is 32.1. The Morgan fingerprint density at radius 2 is 2.16 bits per heavy atom. The van der Waals surface area contributed by atoms with Crippen LogP contribution >= 0.6 is 11.3 Å². The van der Waals surface area contributed by atoms with Crippen molar-refractivity contribution >= 4 is 17.2 Å². The molecule has 0 unspecified atom stereocenters. The molecule has 2 atom stereocenters. The number of thiazole rings is 1. The maximum atomic E-state index is 13.2. The van der Waals surface area contributed by atoms with Crippen LogP contribution in [0, 0.1) is 19.8 Å². The molecule has 1 saturated heterocycles. The zero-order valence-corrected chi connectivity index (χ0v) is 16.1. The highest BCUT2D eigenvalue weighted by molar-refractivity contribution is 7.13. The predicted octanol–water partition coefficient (Wildman–Crippen LogP) is 2.94. The van der Waals surface area contributed by atoms with Crippen molar-refractivity contribution in [2.45, 2.75) is 52.7 Å². The molecule has 136 valence electrons. The molecular weight excluding hydrogens is 340 g/mol. The summed E-state index contributed by atoms with van der Waals surface area (Å²) in [5, 5.41) is 9.01. The van der Waals surface area contributed by atoms with Crippen molar-refractivity contribution in [3.63, 3.8) is 0 Å². The molecule has 0 spiro atoms. The van der Waals surface area contributed by atoms with Gasteiger partial charge in [-0.25, -0.2) is 4.98 Å². The van der Waals surface area contributed by atoms with E-state index in [1.165, 1.54) is 11.3 Å². The Kier molecular flexibility index (Phi) is 5.19. The second-order valence-corrected chi connectivity index (χ2v) is 7.93. The minimum absolute atomic E-state index is 0.0367. The Morgan fingerprint density at radius 3 is 2.76 bits per heavy atom. The van der Waals surface area contributed by atoms with Crippen LogP contribution in [0.25, 0.3) is 0 Å². The summed E-state index contributed by atoms with van der Waals surface area (Å²) in [4.78, 5) is 20.2. The maximum Gasteiger partial charge on any atom is 0.266 e. The van der Waals surface area contributed by atoms with Crippen LogP contribution in [-0.4, -0.2) is 45.7 Å². The summed E-state index contributed by atoms with van der Waals surface area (Å²) in [5.41, 5.74) is 0.784. The number of rotatable bonds is 5. The minimum Gasteiger partial charge on any atom is -0.423 e. The van der Waals surface area contributed by atoms with Crippen LogP contribution in [0.3, 0.4) is 0 Å². The summed E-state index contributed by atoms with van der Waals surface area (Å²) >= 11 is 1.48. The van der Waals surface area contributed by atoms with Crippen LogP contribution in [0.5, 0.6) is 0 Å². The number of aryl methyl sites for hydroxylation is 2. The number of carbonyl (C=O) groups is 1. The van der Waals surface area contributed by atoms with Crippen LogP contribution in [-0.2, 0) is 11.2 Å². The Bertz CT molecular complexity index is 755. The molecule has 2 aromatic heterocycles. The number of nitrogens with zero attached hydrogens (tertiary/aromatic N) is 4. The van der Waals surface area contributed by atoms with Gasteiger partial charge in [-0.2, -0.15) is 0 Å². The highest BCUT2D eigenvalue weighted by Crippen LogP contribution is 2.35. The van der Waals surface area contributed by atoms with E-state index in [0.29, 0.717) is 35.5 Å².